The van der Waals surface area contributed by atoms with E-state index in [2.05, 4.69) is 0 Å². The molecule has 21 heavy (non-hydrogen) atoms. The van der Waals surface area contributed by atoms with Gasteiger partial charge in [-0.05, 0) is 37.5 Å². The summed E-state index contributed by atoms with van der Waals surface area (Å²) in [5.41, 5.74) is 0.918. The van der Waals surface area contributed by atoms with Crippen molar-refractivity contribution in [3.05, 3.63) is 27.5 Å². The van der Waals surface area contributed by atoms with E-state index >= 15 is 0 Å². The summed E-state index contributed by atoms with van der Waals surface area (Å²) in [5, 5.41) is 8.67. The molecule has 1 amide bonds. The van der Waals surface area contributed by atoms with Crippen LogP contribution >= 0.6 is 11.3 Å². The molecule has 0 unspecified atom stereocenters. The minimum absolute atomic E-state index is 0.00928. The van der Waals surface area contributed by atoms with Crippen LogP contribution in [0.25, 0.3) is 6.08 Å². The first-order valence-corrected chi connectivity index (χ1v) is 7.67. The molecule has 1 saturated heterocycles. The number of rotatable bonds is 4. The molecule has 1 N–H and O–H groups in total. The van der Waals surface area contributed by atoms with E-state index in [0.717, 1.165) is 29.4 Å². The second-order valence-electron chi connectivity index (χ2n) is 5.09. The first kappa shape index (κ1) is 15.7. The third-order valence-electron chi connectivity index (χ3n) is 3.60. The fourth-order valence-corrected chi connectivity index (χ4v) is 3.39. The van der Waals surface area contributed by atoms with Crippen LogP contribution in [0.5, 0.6) is 0 Å². The summed E-state index contributed by atoms with van der Waals surface area (Å²) in [6.07, 6.45) is 4.35. The standard InChI is InChI=1S/C15H19NO4S/c1-10-9-13(21-12(10)3-4-14(17)18)15(19)16(2)11-5-7-20-8-6-11/h3-4,9,11H,5-8H2,1-2H3,(H,17,18)/b4-3+. The molecule has 0 saturated carbocycles. The molecule has 6 heteroatoms. The maximum atomic E-state index is 12.5. The molecule has 0 bridgehead atoms. The average molecular weight is 309 g/mol. The number of carbonyl (C=O) groups excluding carboxylic acids is 1. The fourth-order valence-electron chi connectivity index (χ4n) is 2.33. The number of ether oxygens (including phenoxy) is 1. The van der Waals surface area contributed by atoms with E-state index in [1.54, 1.807) is 4.90 Å². The maximum Gasteiger partial charge on any atom is 0.328 e. The Bertz CT molecular complexity index is 558. The van der Waals surface area contributed by atoms with Crippen molar-refractivity contribution in [3.8, 4) is 0 Å². The molecule has 0 atom stereocenters. The highest BCUT2D eigenvalue weighted by molar-refractivity contribution is 7.15. The zero-order valence-electron chi connectivity index (χ0n) is 12.2. The zero-order valence-corrected chi connectivity index (χ0v) is 13.0. The molecule has 114 valence electrons. The summed E-state index contributed by atoms with van der Waals surface area (Å²) in [7, 11) is 1.82. The molecule has 1 aromatic heterocycles. The van der Waals surface area contributed by atoms with Crippen molar-refractivity contribution in [1.29, 1.82) is 0 Å². The first-order valence-electron chi connectivity index (χ1n) is 6.85. The molecule has 1 aromatic rings. The molecule has 0 aliphatic carbocycles. The number of nitrogens with zero attached hydrogens (tertiary/aromatic N) is 1. The minimum atomic E-state index is -0.991. The highest BCUT2D eigenvalue weighted by Crippen LogP contribution is 2.26. The zero-order chi connectivity index (χ0) is 15.4. The van der Waals surface area contributed by atoms with Crippen molar-refractivity contribution in [2.24, 2.45) is 0 Å². The van der Waals surface area contributed by atoms with Crippen molar-refractivity contribution in [3.63, 3.8) is 0 Å². The fraction of sp³-hybridized carbons (Fsp3) is 0.467. The summed E-state index contributed by atoms with van der Waals surface area (Å²) < 4.78 is 5.31. The number of amides is 1. The van der Waals surface area contributed by atoms with Gasteiger partial charge < -0.3 is 14.7 Å². The number of carboxylic acid groups (broad SMARTS) is 1. The Hall–Kier alpha value is -1.66. The number of carbonyl (C=O) groups is 2. The average Bonchev–Trinajstić information content (AvgIpc) is 2.85. The lowest BCUT2D eigenvalue weighted by Gasteiger charge is -2.30. The van der Waals surface area contributed by atoms with E-state index in [4.69, 9.17) is 9.84 Å². The molecule has 0 radical (unpaired) electrons. The quantitative estimate of drug-likeness (QED) is 0.867. The normalized spacial score (nSPS) is 16.3. The van der Waals surface area contributed by atoms with Crippen LogP contribution in [0, 0.1) is 6.92 Å². The van der Waals surface area contributed by atoms with Crippen LogP contribution < -0.4 is 0 Å². The second kappa shape index (κ2) is 6.87. The largest absolute Gasteiger partial charge is 0.478 e. The lowest BCUT2D eigenvalue weighted by Crippen LogP contribution is -2.40. The summed E-state index contributed by atoms with van der Waals surface area (Å²) in [4.78, 5) is 26.3. The number of thiophene rings is 1. The van der Waals surface area contributed by atoms with Crippen molar-refractivity contribution in [2.45, 2.75) is 25.8 Å². The molecular weight excluding hydrogens is 290 g/mol. The summed E-state index contributed by atoms with van der Waals surface area (Å²) >= 11 is 1.33. The van der Waals surface area contributed by atoms with Gasteiger partial charge in [-0.2, -0.15) is 0 Å². The van der Waals surface area contributed by atoms with Gasteiger partial charge in [0.2, 0.25) is 0 Å². The van der Waals surface area contributed by atoms with Crippen molar-refractivity contribution >= 4 is 29.3 Å². The van der Waals surface area contributed by atoms with E-state index in [-0.39, 0.29) is 11.9 Å². The van der Waals surface area contributed by atoms with E-state index in [1.807, 2.05) is 20.0 Å². The topological polar surface area (TPSA) is 66.8 Å². The van der Waals surface area contributed by atoms with E-state index < -0.39 is 5.97 Å². The monoisotopic (exact) mass is 309 g/mol. The molecular formula is C15H19NO4S. The third kappa shape index (κ3) is 3.92. The summed E-state index contributed by atoms with van der Waals surface area (Å²) in [6.45, 7) is 3.26. The number of aliphatic carboxylic acids is 1. The van der Waals surface area contributed by atoms with Gasteiger partial charge in [0.15, 0.2) is 0 Å². The molecule has 1 fully saturated rings. The molecule has 5 nitrogen and oxygen atoms in total. The van der Waals surface area contributed by atoms with Gasteiger partial charge in [-0.3, -0.25) is 4.79 Å². The Kier molecular flexibility index (Phi) is 5.14. The molecule has 0 aromatic carbocycles. The Morgan fingerprint density at radius 1 is 1.43 bits per heavy atom. The number of hydrogen-bond donors (Lipinski definition) is 1. The van der Waals surface area contributed by atoms with Crippen LogP contribution in [0.1, 0.15) is 33.0 Å². The number of hydrogen-bond acceptors (Lipinski definition) is 4. The van der Waals surface area contributed by atoms with E-state index in [0.29, 0.717) is 18.1 Å². The Labute approximate surface area is 127 Å². The Balaban J connectivity index is 2.12. The summed E-state index contributed by atoms with van der Waals surface area (Å²) in [6, 6.07) is 2.04. The van der Waals surface area contributed by atoms with Crippen LogP contribution in [0.3, 0.4) is 0 Å². The second-order valence-corrected chi connectivity index (χ2v) is 6.17. The molecule has 1 aliphatic heterocycles. The van der Waals surface area contributed by atoms with Gasteiger partial charge in [0.05, 0.1) is 4.88 Å². The van der Waals surface area contributed by atoms with Crippen LogP contribution in [0.4, 0.5) is 0 Å². The minimum Gasteiger partial charge on any atom is -0.478 e. The smallest absolute Gasteiger partial charge is 0.328 e. The number of aryl methyl sites for hydroxylation is 1. The highest BCUT2D eigenvalue weighted by atomic mass is 32.1. The lowest BCUT2D eigenvalue weighted by atomic mass is 10.1. The van der Waals surface area contributed by atoms with Gasteiger partial charge in [-0.25, -0.2) is 4.79 Å². The van der Waals surface area contributed by atoms with Crippen molar-refractivity contribution in [2.75, 3.05) is 20.3 Å². The van der Waals surface area contributed by atoms with Crippen LogP contribution in [0.2, 0.25) is 0 Å². The van der Waals surface area contributed by atoms with E-state index in [1.165, 1.54) is 17.4 Å². The lowest BCUT2D eigenvalue weighted by molar-refractivity contribution is -0.131. The maximum absolute atomic E-state index is 12.5. The molecule has 1 aliphatic rings. The third-order valence-corrected chi connectivity index (χ3v) is 4.79. The van der Waals surface area contributed by atoms with Crippen LogP contribution in [-0.4, -0.2) is 48.2 Å². The van der Waals surface area contributed by atoms with Gasteiger partial charge >= 0.3 is 5.97 Å². The van der Waals surface area contributed by atoms with Crippen molar-refractivity contribution < 1.29 is 19.4 Å². The molecule has 0 spiro atoms. The Morgan fingerprint density at radius 3 is 2.71 bits per heavy atom. The van der Waals surface area contributed by atoms with Crippen LogP contribution in [-0.2, 0) is 9.53 Å². The number of carboxylic acids is 1. The first-order chi connectivity index (χ1) is 9.99. The van der Waals surface area contributed by atoms with Crippen LogP contribution in [0.15, 0.2) is 12.1 Å². The predicted octanol–water partition coefficient (Wildman–Crippen LogP) is 2.41. The van der Waals surface area contributed by atoms with E-state index in [9.17, 15) is 9.59 Å². The van der Waals surface area contributed by atoms with Gasteiger partial charge in [0.1, 0.15) is 0 Å². The van der Waals surface area contributed by atoms with Gasteiger partial charge in [-0.15, -0.1) is 11.3 Å². The summed E-state index contributed by atoms with van der Waals surface area (Å²) in [5.74, 6) is -1.00. The Morgan fingerprint density at radius 2 is 2.10 bits per heavy atom. The van der Waals surface area contributed by atoms with Gasteiger partial charge in [0, 0.05) is 37.3 Å². The van der Waals surface area contributed by atoms with Crippen molar-refractivity contribution in [1.82, 2.24) is 4.90 Å². The van der Waals surface area contributed by atoms with Gasteiger partial charge in [0.25, 0.3) is 5.91 Å². The highest BCUT2D eigenvalue weighted by Gasteiger charge is 2.24. The SMILES string of the molecule is Cc1cc(C(=O)N(C)C2CCOCC2)sc1/C=C/C(=O)O. The van der Waals surface area contributed by atoms with Gasteiger partial charge in [-0.1, -0.05) is 0 Å². The molecule has 2 heterocycles. The molecule has 2 rings (SSSR count). The predicted molar refractivity (Wildman–Crippen MR) is 81.7 cm³/mol.